The van der Waals surface area contributed by atoms with Gasteiger partial charge in [-0.15, -0.1) is 0 Å². The molecule has 7 heteroatoms. The van der Waals surface area contributed by atoms with Crippen molar-refractivity contribution in [2.24, 2.45) is 0 Å². The molecule has 21 heavy (non-hydrogen) atoms. The molecule has 1 aromatic carbocycles. The molecule has 0 amide bonds. The quantitative estimate of drug-likeness (QED) is 0.834. The molecule has 0 unspecified atom stereocenters. The lowest BCUT2D eigenvalue weighted by Crippen LogP contribution is -2.02. The first-order valence-corrected chi connectivity index (χ1v) is 6.87. The van der Waals surface area contributed by atoms with Crippen LogP contribution in [0.15, 0.2) is 47.5 Å². The standard InChI is InChI=1S/C14H13F3N2OS/c1-20-13-12(3-2-8-18-13)19-9-10-4-6-11(7-5-10)21-14(15,16)17/h2-8,19H,9H2,1H3. The van der Waals surface area contributed by atoms with Crippen molar-refractivity contribution in [2.75, 3.05) is 12.4 Å². The maximum Gasteiger partial charge on any atom is 0.446 e. The molecule has 2 rings (SSSR count). The Hall–Kier alpha value is -1.89. The van der Waals surface area contributed by atoms with Gasteiger partial charge in [-0.3, -0.25) is 0 Å². The smallest absolute Gasteiger partial charge is 0.446 e. The van der Waals surface area contributed by atoms with Gasteiger partial charge in [-0.1, -0.05) is 12.1 Å². The molecule has 0 saturated heterocycles. The first-order chi connectivity index (χ1) is 9.98. The normalized spacial score (nSPS) is 11.2. The highest BCUT2D eigenvalue weighted by Crippen LogP contribution is 2.36. The van der Waals surface area contributed by atoms with Crippen LogP contribution >= 0.6 is 11.8 Å². The first kappa shape index (κ1) is 15.5. The van der Waals surface area contributed by atoms with Crippen molar-refractivity contribution >= 4 is 17.4 Å². The zero-order chi connectivity index (χ0) is 15.3. The number of ether oxygens (including phenoxy) is 1. The van der Waals surface area contributed by atoms with Crippen LogP contribution in [0.1, 0.15) is 5.56 Å². The molecule has 2 aromatic rings. The molecule has 0 aliphatic heterocycles. The van der Waals surface area contributed by atoms with E-state index in [4.69, 9.17) is 4.74 Å². The number of alkyl halides is 3. The Morgan fingerprint density at radius 3 is 2.52 bits per heavy atom. The Kier molecular flexibility index (Phi) is 4.95. The van der Waals surface area contributed by atoms with E-state index in [-0.39, 0.29) is 16.7 Å². The monoisotopic (exact) mass is 314 g/mol. The van der Waals surface area contributed by atoms with Crippen LogP contribution < -0.4 is 10.1 Å². The highest BCUT2D eigenvalue weighted by molar-refractivity contribution is 8.00. The molecule has 0 aliphatic rings. The Morgan fingerprint density at radius 1 is 1.19 bits per heavy atom. The highest BCUT2D eigenvalue weighted by atomic mass is 32.2. The Labute approximate surface area is 124 Å². The van der Waals surface area contributed by atoms with Crippen LogP contribution in [0.2, 0.25) is 0 Å². The number of benzene rings is 1. The minimum atomic E-state index is -4.26. The molecule has 0 aliphatic carbocycles. The number of hydrogen-bond acceptors (Lipinski definition) is 4. The van der Waals surface area contributed by atoms with Crippen LogP contribution in [-0.2, 0) is 6.54 Å². The molecule has 1 N–H and O–H groups in total. The Bertz CT molecular complexity index is 588. The number of rotatable bonds is 5. The molecule has 1 aromatic heterocycles. The van der Waals surface area contributed by atoms with Crippen LogP contribution in [0.4, 0.5) is 18.9 Å². The number of methoxy groups -OCH3 is 1. The average molecular weight is 314 g/mol. The fourth-order valence-electron chi connectivity index (χ4n) is 1.69. The van der Waals surface area contributed by atoms with Crippen molar-refractivity contribution in [1.29, 1.82) is 0 Å². The lowest BCUT2D eigenvalue weighted by atomic mass is 10.2. The van der Waals surface area contributed by atoms with Crippen LogP contribution in [-0.4, -0.2) is 17.6 Å². The first-order valence-electron chi connectivity index (χ1n) is 6.05. The molecule has 0 radical (unpaired) electrons. The zero-order valence-electron chi connectivity index (χ0n) is 11.1. The topological polar surface area (TPSA) is 34.1 Å². The summed E-state index contributed by atoms with van der Waals surface area (Å²) in [6.07, 6.45) is 1.62. The van der Waals surface area contributed by atoms with Crippen LogP contribution in [0.3, 0.4) is 0 Å². The van der Waals surface area contributed by atoms with Crippen LogP contribution in [0, 0.1) is 0 Å². The fourth-order valence-corrected chi connectivity index (χ4v) is 2.23. The second kappa shape index (κ2) is 6.71. The number of anilines is 1. The molecule has 0 saturated carbocycles. The lowest BCUT2D eigenvalue weighted by Gasteiger charge is -2.10. The summed E-state index contributed by atoms with van der Waals surface area (Å²) in [5, 5.41) is 3.13. The number of nitrogens with one attached hydrogen (secondary N) is 1. The van der Waals surface area contributed by atoms with E-state index in [1.165, 1.54) is 19.2 Å². The lowest BCUT2D eigenvalue weighted by molar-refractivity contribution is -0.0328. The van der Waals surface area contributed by atoms with Gasteiger partial charge in [0.2, 0.25) is 5.88 Å². The summed E-state index contributed by atoms with van der Waals surface area (Å²) >= 11 is -0.120. The van der Waals surface area contributed by atoms with E-state index in [9.17, 15) is 13.2 Å². The Morgan fingerprint density at radius 2 is 1.90 bits per heavy atom. The SMILES string of the molecule is COc1ncccc1NCc1ccc(SC(F)(F)F)cc1. The van der Waals surface area contributed by atoms with Crippen molar-refractivity contribution < 1.29 is 17.9 Å². The number of aromatic nitrogens is 1. The molecule has 0 fully saturated rings. The number of pyridine rings is 1. The third-order valence-electron chi connectivity index (χ3n) is 2.60. The minimum Gasteiger partial charge on any atom is -0.480 e. The molecule has 112 valence electrons. The molecular weight excluding hydrogens is 301 g/mol. The predicted molar refractivity (Wildman–Crippen MR) is 76.5 cm³/mol. The van der Waals surface area contributed by atoms with E-state index in [1.54, 1.807) is 24.4 Å². The maximum atomic E-state index is 12.2. The van der Waals surface area contributed by atoms with Crippen molar-refractivity contribution in [3.05, 3.63) is 48.2 Å². The number of thioether (sulfide) groups is 1. The molecule has 3 nitrogen and oxygen atoms in total. The van der Waals surface area contributed by atoms with Gasteiger partial charge in [0.05, 0.1) is 12.8 Å². The highest BCUT2D eigenvalue weighted by Gasteiger charge is 2.28. The van der Waals surface area contributed by atoms with Gasteiger partial charge >= 0.3 is 5.51 Å². The van der Waals surface area contributed by atoms with Gasteiger partial charge in [0, 0.05) is 17.6 Å². The zero-order valence-corrected chi connectivity index (χ0v) is 12.0. The van der Waals surface area contributed by atoms with Gasteiger partial charge in [-0.05, 0) is 41.6 Å². The summed E-state index contributed by atoms with van der Waals surface area (Å²) in [6.45, 7) is 0.471. The second-order valence-electron chi connectivity index (χ2n) is 4.11. The summed E-state index contributed by atoms with van der Waals surface area (Å²) in [6, 6.07) is 9.81. The third-order valence-corrected chi connectivity index (χ3v) is 3.34. The van der Waals surface area contributed by atoms with E-state index in [0.717, 1.165) is 11.3 Å². The van der Waals surface area contributed by atoms with E-state index < -0.39 is 5.51 Å². The Balaban J connectivity index is 1.98. The van der Waals surface area contributed by atoms with E-state index in [2.05, 4.69) is 10.3 Å². The van der Waals surface area contributed by atoms with Gasteiger partial charge in [-0.2, -0.15) is 13.2 Å². The van der Waals surface area contributed by atoms with E-state index >= 15 is 0 Å². The molecular formula is C14H13F3N2OS. The molecule has 1 heterocycles. The third kappa shape index (κ3) is 4.86. The molecule has 0 bridgehead atoms. The van der Waals surface area contributed by atoms with Gasteiger partial charge in [0.15, 0.2) is 0 Å². The number of nitrogens with zero attached hydrogens (tertiary/aromatic N) is 1. The largest absolute Gasteiger partial charge is 0.480 e. The average Bonchev–Trinajstić information content (AvgIpc) is 2.45. The van der Waals surface area contributed by atoms with Crippen molar-refractivity contribution in [3.63, 3.8) is 0 Å². The summed E-state index contributed by atoms with van der Waals surface area (Å²) in [5.41, 5.74) is -2.66. The minimum absolute atomic E-state index is 0.120. The van der Waals surface area contributed by atoms with E-state index in [0.29, 0.717) is 12.4 Å². The number of halogens is 3. The van der Waals surface area contributed by atoms with Gasteiger partial charge in [0.1, 0.15) is 0 Å². The van der Waals surface area contributed by atoms with Gasteiger partial charge in [-0.25, -0.2) is 4.98 Å². The number of hydrogen-bond donors (Lipinski definition) is 1. The van der Waals surface area contributed by atoms with Gasteiger partial charge < -0.3 is 10.1 Å². The summed E-state index contributed by atoms with van der Waals surface area (Å²) in [5.74, 6) is 0.474. The second-order valence-corrected chi connectivity index (χ2v) is 5.24. The van der Waals surface area contributed by atoms with Crippen LogP contribution in [0.5, 0.6) is 5.88 Å². The summed E-state index contributed by atoms with van der Waals surface area (Å²) in [4.78, 5) is 4.22. The van der Waals surface area contributed by atoms with Crippen molar-refractivity contribution in [2.45, 2.75) is 16.9 Å². The molecule has 0 atom stereocenters. The maximum absolute atomic E-state index is 12.2. The van der Waals surface area contributed by atoms with Gasteiger partial charge in [0.25, 0.3) is 0 Å². The summed E-state index contributed by atoms with van der Waals surface area (Å²) < 4.78 is 41.8. The fraction of sp³-hybridized carbons (Fsp3) is 0.214. The predicted octanol–water partition coefficient (Wildman–Crippen LogP) is 4.31. The van der Waals surface area contributed by atoms with Crippen LogP contribution in [0.25, 0.3) is 0 Å². The summed E-state index contributed by atoms with van der Waals surface area (Å²) in [7, 11) is 1.52. The molecule has 0 spiro atoms. The van der Waals surface area contributed by atoms with E-state index in [1.807, 2.05) is 6.07 Å². The van der Waals surface area contributed by atoms with Crippen molar-refractivity contribution in [1.82, 2.24) is 4.98 Å². The van der Waals surface area contributed by atoms with Crippen molar-refractivity contribution in [3.8, 4) is 5.88 Å².